The monoisotopic (exact) mass is 343 g/mol. The van der Waals surface area contributed by atoms with Crippen molar-refractivity contribution in [2.45, 2.75) is 58.1 Å². The van der Waals surface area contributed by atoms with Crippen LogP contribution in [0.2, 0.25) is 0 Å². The van der Waals surface area contributed by atoms with Crippen LogP contribution in [0.15, 0.2) is 34.9 Å². The molecule has 1 saturated heterocycles. The van der Waals surface area contributed by atoms with Crippen molar-refractivity contribution >= 4 is 6.09 Å². The zero-order valence-electron chi connectivity index (χ0n) is 14.9. The molecule has 0 bridgehead atoms. The van der Waals surface area contributed by atoms with Crippen LogP contribution in [-0.4, -0.2) is 33.8 Å². The highest BCUT2D eigenvalue weighted by Crippen LogP contribution is 2.31. The third-order valence-electron chi connectivity index (χ3n) is 4.30. The molecule has 1 amide bonds. The number of rotatable bonds is 6. The number of carbonyl (C=O) groups excluding carboxylic acids is 1. The number of hydrogen-bond acceptors (Lipinski definition) is 5. The van der Waals surface area contributed by atoms with Gasteiger partial charge in [0.2, 0.25) is 5.89 Å². The number of likely N-dealkylation sites (tertiary alicyclic amines) is 1. The quantitative estimate of drug-likeness (QED) is 0.795. The molecule has 1 aromatic heterocycles. The van der Waals surface area contributed by atoms with Crippen LogP contribution in [0.5, 0.6) is 0 Å². The zero-order valence-corrected chi connectivity index (χ0v) is 14.9. The molecule has 1 fully saturated rings. The molecule has 1 aliphatic rings. The van der Waals surface area contributed by atoms with E-state index in [1.165, 1.54) is 5.56 Å². The fourth-order valence-electron chi connectivity index (χ4n) is 3.11. The number of hydrogen-bond donors (Lipinski definition) is 0. The number of ether oxygens (including phenoxy) is 1. The predicted molar refractivity (Wildman–Crippen MR) is 93.1 cm³/mol. The molecule has 0 spiro atoms. The Morgan fingerprint density at radius 3 is 2.88 bits per heavy atom. The van der Waals surface area contributed by atoms with Crippen LogP contribution in [-0.2, 0) is 17.6 Å². The molecule has 6 heteroatoms. The van der Waals surface area contributed by atoms with Crippen molar-refractivity contribution in [1.29, 1.82) is 0 Å². The minimum atomic E-state index is -0.304. The largest absolute Gasteiger partial charge is 0.447 e. The first-order chi connectivity index (χ1) is 12.1. The maximum absolute atomic E-state index is 12.2. The van der Waals surface area contributed by atoms with Gasteiger partial charge < -0.3 is 9.26 Å². The van der Waals surface area contributed by atoms with Gasteiger partial charge in [0.1, 0.15) is 6.04 Å². The molecule has 0 aliphatic carbocycles. The molecule has 134 valence electrons. The van der Waals surface area contributed by atoms with Gasteiger partial charge in [-0.2, -0.15) is 4.98 Å². The SMILES string of the molecule is CC(C)OC(=O)N1CCC[C@H]1c1nc(CCCc2ccccc2)no1. The van der Waals surface area contributed by atoms with Gasteiger partial charge in [0.05, 0.1) is 6.10 Å². The first-order valence-corrected chi connectivity index (χ1v) is 8.97. The Bertz CT molecular complexity index is 684. The van der Waals surface area contributed by atoms with E-state index < -0.39 is 0 Å². The van der Waals surface area contributed by atoms with Crippen LogP contribution >= 0.6 is 0 Å². The van der Waals surface area contributed by atoms with E-state index in [0.29, 0.717) is 18.3 Å². The molecule has 0 saturated carbocycles. The van der Waals surface area contributed by atoms with Crippen molar-refractivity contribution in [2.75, 3.05) is 6.54 Å². The summed E-state index contributed by atoms with van der Waals surface area (Å²) in [4.78, 5) is 18.4. The van der Waals surface area contributed by atoms with Gasteiger partial charge in [0, 0.05) is 13.0 Å². The molecule has 0 radical (unpaired) electrons. The van der Waals surface area contributed by atoms with E-state index in [4.69, 9.17) is 9.26 Å². The number of nitrogens with zero attached hydrogens (tertiary/aromatic N) is 3. The summed E-state index contributed by atoms with van der Waals surface area (Å²) in [5.41, 5.74) is 1.31. The highest BCUT2D eigenvalue weighted by atomic mass is 16.6. The number of amides is 1. The van der Waals surface area contributed by atoms with Gasteiger partial charge in [-0.05, 0) is 45.1 Å². The molecular formula is C19H25N3O3. The molecule has 2 heterocycles. The van der Waals surface area contributed by atoms with Gasteiger partial charge >= 0.3 is 6.09 Å². The Labute approximate surface area is 148 Å². The Morgan fingerprint density at radius 2 is 2.12 bits per heavy atom. The van der Waals surface area contributed by atoms with E-state index in [1.807, 2.05) is 32.0 Å². The third kappa shape index (κ3) is 4.59. The first kappa shape index (κ1) is 17.5. The van der Waals surface area contributed by atoms with E-state index in [9.17, 15) is 4.79 Å². The van der Waals surface area contributed by atoms with Crippen molar-refractivity contribution in [1.82, 2.24) is 15.0 Å². The van der Waals surface area contributed by atoms with Crippen LogP contribution in [0.1, 0.15) is 56.4 Å². The lowest BCUT2D eigenvalue weighted by atomic mass is 10.1. The maximum Gasteiger partial charge on any atom is 0.410 e. The Hall–Kier alpha value is -2.37. The van der Waals surface area contributed by atoms with Gasteiger partial charge in [-0.25, -0.2) is 4.79 Å². The molecule has 0 N–H and O–H groups in total. The van der Waals surface area contributed by atoms with E-state index in [1.54, 1.807) is 4.90 Å². The zero-order chi connectivity index (χ0) is 17.6. The number of carbonyl (C=O) groups is 1. The first-order valence-electron chi connectivity index (χ1n) is 8.97. The van der Waals surface area contributed by atoms with E-state index in [-0.39, 0.29) is 18.2 Å². The van der Waals surface area contributed by atoms with E-state index in [0.717, 1.165) is 32.1 Å². The summed E-state index contributed by atoms with van der Waals surface area (Å²) in [6, 6.07) is 10.2. The molecular weight excluding hydrogens is 318 g/mol. The van der Waals surface area contributed by atoms with Crippen molar-refractivity contribution in [2.24, 2.45) is 0 Å². The highest BCUT2D eigenvalue weighted by Gasteiger charge is 2.35. The lowest BCUT2D eigenvalue weighted by Gasteiger charge is -2.22. The fraction of sp³-hybridized carbons (Fsp3) is 0.526. The molecule has 1 aliphatic heterocycles. The fourth-order valence-corrected chi connectivity index (χ4v) is 3.11. The van der Waals surface area contributed by atoms with Gasteiger partial charge in [-0.15, -0.1) is 0 Å². The lowest BCUT2D eigenvalue weighted by molar-refractivity contribution is 0.0687. The Kier molecular flexibility index (Phi) is 5.68. The second kappa shape index (κ2) is 8.14. The van der Waals surface area contributed by atoms with Crippen LogP contribution < -0.4 is 0 Å². The van der Waals surface area contributed by atoms with Crippen LogP contribution in [0.3, 0.4) is 0 Å². The molecule has 6 nitrogen and oxygen atoms in total. The third-order valence-corrected chi connectivity index (χ3v) is 4.30. The number of aromatic nitrogens is 2. The minimum absolute atomic E-state index is 0.134. The maximum atomic E-state index is 12.2. The Balaban J connectivity index is 1.56. The van der Waals surface area contributed by atoms with Crippen molar-refractivity contribution in [3.05, 3.63) is 47.6 Å². The van der Waals surface area contributed by atoms with Crippen LogP contribution in [0.4, 0.5) is 4.79 Å². The smallest absolute Gasteiger partial charge is 0.410 e. The van der Waals surface area contributed by atoms with E-state index in [2.05, 4.69) is 22.3 Å². The average Bonchev–Trinajstić information content (AvgIpc) is 3.24. The van der Waals surface area contributed by atoms with Gasteiger partial charge in [0.15, 0.2) is 5.82 Å². The van der Waals surface area contributed by atoms with Crippen LogP contribution in [0.25, 0.3) is 0 Å². The molecule has 0 unspecified atom stereocenters. The summed E-state index contributed by atoms with van der Waals surface area (Å²) >= 11 is 0. The summed E-state index contributed by atoms with van der Waals surface area (Å²) in [5, 5.41) is 4.08. The number of aryl methyl sites for hydroxylation is 2. The van der Waals surface area contributed by atoms with Gasteiger partial charge in [-0.3, -0.25) is 4.90 Å². The second-order valence-corrected chi connectivity index (χ2v) is 6.67. The summed E-state index contributed by atoms with van der Waals surface area (Å²) < 4.78 is 10.7. The number of benzene rings is 1. The normalized spacial score (nSPS) is 17.2. The standard InChI is InChI=1S/C19H25N3O3/c1-14(2)24-19(23)22-13-7-11-16(22)18-20-17(21-25-18)12-6-10-15-8-4-3-5-9-15/h3-5,8-9,14,16H,6-7,10-13H2,1-2H3/t16-/m0/s1. The average molecular weight is 343 g/mol. The van der Waals surface area contributed by atoms with Crippen LogP contribution in [0, 0.1) is 0 Å². The lowest BCUT2D eigenvalue weighted by Crippen LogP contribution is -2.32. The molecule has 3 rings (SSSR count). The van der Waals surface area contributed by atoms with Crippen molar-refractivity contribution in [3.63, 3.8) is 0 Å². The predicted octanol–water partition coefficient (Wildman–Crippen LogP) is 3.93. The molecule has 2 aromatic rings. The summed E-state index contributed by atoms with van der Waals surface area (Å²) in [6.45, 7) is 4.36. The molecule has 25 heavy (non-hydrogen) atoms. The van der Waals surface area contributed by atoms with Gasteiger partial charge in [0.25, 0.3) is 0 Å². The topological polar surface area (TPSA) is 68.5 Å². The summed E-state index contributed by atoms with van der Waals surface area (Å²) in [6.07, 6.45) is 4.03. The highest BCUT2D eigenvalue weighted by molar-refractivity contribution is 5.68. The molecule has 1 aromatic carbocycles. The second-order valence-electron chi connectivity index (χ2n) is 6.67. The van der Waals surface area contributed by atoms with Crippen molar-refractivity contribution < 1.29 is 14.1 Å². The van der Waals surface area contributed by atoms with Gasteiger partial charge in [-0.1, -0.05) is 35.5 Å². The van der Waals surface area contributed by atoms with E-state index >= 15 is 0 Å². The van der Waals surface area contributed by atoms with Crippen molar-refractivity contribution in [3.8, 4) is 0 Å². The summed E-state index contributed by atoms with van der Waals surface area (Å²) in [7, 11) is 0. The Morgan fingerprint density at radius 1 is 1.32 bits per heavy atom. The summed E-state index contributed by atoms with van der Waals surface area (Å²) in [5.74, 6) is 1.22. The minimum Gasteiger partial charge on any atom is -0.447 e. The molecule has 1 atom stereocenters.